The summed E-state index contributed by atoms with van der Waals surface area (Å²) in [6.45, 7) is 0.374. The third-order valence-corrected chi connectivity index (χ3v) is 5.43. The minimum Gasteiger partial charge on any atom is -0.497 e. The van der Waals surface area contributed by atoms with E-state index in [2.05, 4.69) is 15.5 Å². The molecule has 0 bridgehead atoms. The van der Waals surface area contributed by atoms with Gasteiger partial charge in [0.05, 0.1) is 26.1 Å². The average molecular weight is 446 g/mol. The molecule has 0 saturated carbocycles. The number of hydrazone groups is 1. The molecule has 6 nitrogen and oxygen atoms in total. The van der Waals surface area contributed by atoms with Gasteiger partial charge in [-0.1, -0.05) is 48.5 Å². The van der Waals surface area contributed by atoms with E-state index in [1.807, 2.05) is 78.2 Å². The minimum absolute atomic E-state index is 0.374. The van der Waals surface area contributed by atoms with Crippen molar-refractivity contribution in [2.75, 3.05) is 19.6 Å². The van der Waals surface area contributed by atoms with Crippen LogP contribution in [0.5, 0.6) is 17.2 Å². The first-order valence-corrected chi connectivity index (χ1v) is 10.9. The highest BCUT2D eigenvalue weighted by Crippen LogP contribution is 2.31. The predicted octanol–water partition coefficient (Wildman–Crippen LogP) is 5.85. The zero-order valence-corrected chi connectivity index (χ0v) is 18.6. The molecular weight excluding hydrogens is 422 g/mol. The van der Waals surface area contributed by atoms with Gasteiger partial charge in [-0.05, 0) is 29.8 Å². The highest BCUT2D eigenvalue weighted by atomic mass is 32.1. The number of nitrogens with one attached hydrogen (secondary N) is 1. The summed E-state index contributed by atoms with van der Waals surface area (Å²) in [6, 6.07) is 23.5. The normalized spacial score (nSPS) is 10.8. The van der Waals surface area contributed by atoms with E-state index in [4.69, 9.17) is 14.2 Å². The van der Waals surface area contributed by atoms with Gasteiger partial charge >= 0.3 is 0 Å². The lowest BCUT2D eigenvalue weighted by Gasteiger charge is -2.13. The van der Waals surface area contributed by atoms with Crippen molar-refractivity contribution < 1.29 is 14.2 Å². The van der Waals surface area contributed by atoms with Crippen molar-refractivity contribution in [3.05, 3.63) is 89.3 Å². The summed E-state index contributed by atoms with van der Waals surface area (Å²) >= 11 is 1.50. The largest absolute Gasteiger partial charge is 0.497 e. The fourth-order valence-corrected chi connectivity index (χ4v) is 3.76. The molecule has 0 aliphatic rings. The van der Waals surface area contributed by atoms with Crippen LogP contribution in [0.4, 0.5) is 5.13 Å². The van der Waals surface area contributed by atoms with Crippen LogP contribution in [0, 0.1) is 0 Å². The van der Waals surface area contributed by atoms with E-state index in [9.17, 15) is 0 Å². The molecule has 32 heavy (non-hydrogen) atoms. The number of benzene rings is 3. The Balaban J connectivity index is 1.47. The van der Waals surface area contributed by atoms with Crippen molar-refractivity contribution in [3.8, 4) is 28.5 Å². The number of anilines is 1. The molecule has 0 radical (unpaired) electrons. The summed E-state index contributed by atoms with van der Waals surface area (Å²) in [5, 5.41) is 7.07. The highest BCUT2D eigenvalue weighted by Gasteiger charge is 2.10. The fourth-order valence-electron chi connectivity index (χ4n) is 3.09. The molecule has 0 unspecified atom stereocenters. The quantitative estimate of drug-likeness (QED) is 0.258. The first kappa shape index (κ1) is 21.4. The van der Waals surface area contributed by atoms with E-state index in [0.717, 1.165) is 28.1 Å². The summed E-state index contributed by atoms with van der Waals surface area (Å²) in [6.07, 6.45) is 1.70. The Morgan fingerprint density at radius 1 is 0.969 bits per heavy atom. The number of nitrogens with zero attached hydrogens (tertiary/aromatic N) is 2. The van der Waals surface area contributed by atoms with Crippen molar-refractivity contribution in [1.82, 2.24) is 4.98 Å². The lowest BCUT2D eigenvalue weighted by atomic mass is 10.2. The van der Waals surface area contributed by atoms with Crippen LogP contribution < -0.4 is 19.6 Å². The number of methoxy groups -OCH3 is 2. The van der Waals surface area contributed by atoms with Crippen molar-refractivity contribution in [1.29, 1.82) is 0 Å². The van der Waals surface area contributed by atoms with Gasteiger partial charge in [0.2, 0.25) is 5.13 Å². The van der Waals surface area contributed by atoms with Crippen LogP contribution in [0.1, 0.15) is 11.1 Å². The third-order valence-electron chi connectivity index (χ3n) is 4.68. The van der Waals surface area contributed by atoms with Crippen LogP contribution in [0.3, 0.4) is 0 Å². The fraction of sp³-hybridized carbons (Fsp3) is 0.120. The summed E-state index contributed by atoms with van der Waals surface area (Å²) < 4.78 is 16.9. The second-order valence-corrected chi connectivity index (χ2v) is 7.65. The Kier molecular flexibility index (Phi) is 6.99. The van der Waals surface area contributed by atoms with E-state index in [0.29, 0.717) is 23.2 Å². The van der Waals surface area contributed by atoms with Crippen molar-refractivity contribution in [3.63, 3.8) is 0 Å². The number of hydrogen-bond acceptors (Lipinski definition) is 7. The zero-order chi connectivity index (χ0) is 22.2. The third kappa shape index (κ3) is 5.25. The molecule has 0 amide bonds. The highest BCUT2D eigenvalue weighted by molar-refractivity contribution is 7.14. The Morgan fingerprint density at radius 2 is 1.81 bits per heavy atom. The Morgan fingerprint density at radius 3 is 2.62 bits per heavy atom. The number of para-hydroxylation sites is 1. The number of aromatic nitrogens is 1. The molecule has 0 atom stereocenters. The van der Waals surface area contributed by atoms with E-state index in [-0.39, 0.29) is 0 Å². The van der Waals surface area contributed by atoms with Crippen molar-refractivity contribution >= 4 is 22.7 Å². The van der Waals surface area contributed by atoms with Crippen molar-refractivity contribution in [2.45, 2.75) is 6.61 Å². The smallest absolute Gasteiger partial charge is 0.203 e. The van der Waals surface area contributed by atoms with Crippen LogP contribution in [-0.2, 0) is 6.61 Å². The van der Waals surface area contributed by atoms with Gasteiger partial charge in [-0.15, -0.1) is 11.3 Å². The SMILES string of the molecule is COc1cccc(COc2c(C=NNc3nc(-c4ccccc4)cs3)cccc2OC)c1. The van der Waals surface area contributed by atoms with Crippen LogP contribution in [0.2, 0.25) is 0 Å². The summed E-state index contributed by atoms with van der Waals surface area (Å²) in [5.41, 5.74) is 6.77. The molecule has 1 heterocycles. The first-order chi connectivity index (χ1) is 15.8. The Labute approximate surface area is 191 Å². The number of ether oxygens (including phenoxy) is 3. The molecule has 1 N–H and O–H groups in total. The lowest BCUT2D eigenvalue weighted by molar-refractivity contribution is 0.283. The van der Waals surface area contributed by atoms with E-state index >= 15 is 0 Å². The molecule has 3 aromatic carbocycles. The first-order valence-electron chi connectivity index (χ1n) is 9.99. The molecule has 0 spiro atoms. The second-order valence-electron chi connectivity index (χ2n) is 6.79. The maximum absolute atomic E-state index is 6.10. The topological polar surface area (TPSA) is 65.0 Å². The van der Waals surface area contributed by atoms with Gasteiger partial charge < -0.3 is 14.2 Å². The number of rotatable bonds is 9. The Bertz CT molecular complexity index is 1190. The molecule has 4 aromatic rings. The molecule has 1 aromatic heterocycles. The molecule has 0 fully saturated rings. The minimum atomic E-state index is 0.374. The molecule has 7 heteroatoms. The average Bonchev–Trinajstić information content (AvgIpc) is 3.32. The Hall–Kier alpha value is -3.84. The van der Waals surface area contributed by atoms with Gasteiger partial charge in [0.25, 0.3) is 0 Å². The number of hydrogen-bond donors (Lipinski definition) is 1. The molecule has 0 aliphatic carbocycles. The van der Waals surface area contributed by atoms with Gasteiger partial charge in [-0.3, -0.25) is 5.43 Å². The molecular formula is C25H23N3O3S. The van der Waals surface area contributed by atoms with Gasteiger partial charge in [0.1, 0.15) is 12.4 Å². The van der Waals surface area contributed by atoms with Crippen LogP contribution in [0.15, 0.2) is 83.3 Å². The van der Waals surface area contributed by atoms with Crippen LogP contribution >= 0.6 is 11.3 Å². The van der Waals surface area contributed by atoms with E-state index < -0.39 is 0 Å². The predicted molar refractivity (Wildman–Crippen MR) is 129 cm³/mol. The maximum atomic E-state index is 6.10. The van der Waals surface area contributed by atoms with E-state index in [1.165, 1.54) is 11.3 Å². The van der Waals surface area contributed by atoms with Crippen LogP contribution in [-0.4, -0.2) is 25.4 Å². The molecule has 4 rings (SSSR count). The molecule has 0 saturated heterocycles. The summed E-state index contributed by atoms with van der Waals surface area (Å²) in [7, 11) is 3.26. The molecule has 162 valence electrons. The van der Waals surface area contributed by atoms with Gasteiger partial charge in [-0.25, -0.2) is 4.98 Å². The maximum Gasteiger partial charge on any atom is 0.203 e. The van der Waals surface area contributed by atoms with Gasteiger partial charge in [0, 0.05) is 16.5 Å². The van der Waals surface area contributed by atoms with Gasteiger partial charge in [0.15, 0.2) is 11.5 Å². The van der Waals surface area contributed by atoms with Gasteiger partial charge in [-0.2, -0.15) is 5.10 Å². The van der Waals surface area contributed by atoms with E-state index in [1.54, 1.807) is 20.4 Å². The van der Waals surface area contributed by atoms with Crippen LogP contribution in [0.25, 0.3) is 11.3 Å². The summed E-state index contributed by atoms with van der Waals surface area (Å²) in [5.74, 6) is 2.04. The van der Waals surface area contributed by atoms with Crippen molar-refractivity contribution in [2.24, 2.45) is 5.10 Å². The molecule has 0 aliphatic heterocycles. The monoisotopic (exact) mass is 445 g/mol. The number of thiazole rings is 1. The zero-order valence-electron chi connectivity index (χ0n) is 17.8. The summed E-state index contributed by atoms with van der Waals surface area (Å²) in [4.78, 5) is 4.59. The lowest BCUT2D eigenvalue weighted by Crippen LogP contribution is -2.02. The second kappa shape index (κ2) is 10.5. The standard InChI is InChI=1S/C25H23N3O3S/c1-29-21-12-6-8-18(14-21)16-31-24-20(11-7-13-23(24)30-2)15-26-28-25-27-22(17-32-25)19-9-4-3-5-10-19/h3-15,17H,16H2,1-2H3,(H,27,28).